The van der Waals surface area contributed by atoms with Crippen molar-refractivity contribution in [3.63, 3.8) is 0 Å². The van der Waals surface area contributed by atoms with Gasteiger partial charge in [0, 0.05) is 21.1 Å². The Labute approximate surface area is 103 Å². The molecule has 0 aromatic rings. The maximum atomic E-state index is 9.10. The number of carboxylic acids is 2. The molecule has 0 aliphatic heterocycles. The first-order valence-electron chi connectivity index (χ1n) is 4.35. The summed E-state index contributed by atoms with van der Waals surface area (Å²) >= 11 is 0. The fourth-order valence-corrected chi connectivity index (χ4v) is 0.740. The number of hydrogen-bond donors (Lipinski definition) is 4. The van der Waals surface area contributed by atoms with Crippen LogP contribution >= 0.6 is 0 Å². The van der Waals surface area contributed by atoms with Crippen LogP contribution in [0.2, 0.25) is 0 Å². The second-order valence-electron chi connectivity index (χ2n) is 2.74. The fourth-order valence-electron chi connectivity index (χ4n) is 0.740. The first-order chi connectivity index (χ1) is 6.49. The van der Waals surface area contributed by atoms with Crippen LogP contribution in [0.3, 0.4) is 0 Å². The van der Waals surface area contributed by atoms with Gasteiger partial charge in [-0.3, -0.25) is 0 Å². The zero-order chi connectivity index (χ0) is 11.6. The van der Waals surface area contributed by atoms with Gasteiger partial charge in [0.25, 0.3) is 0 Å². The summed E-state index contributed by atoms with van der Waals surface area (Å²) in [5, 5.41) is 14.8. The molecular weight excluding hydrogens is 383 g/mol. The first-order valence-corrected chi connectivity index (χ1v) is 4.35. The molecule has 0 fully saturated rings. The molecule has 0 saturated carbocycles. The van der Waals surface area contributed by atoms with Gasteiger partial charge in [-0.25, -0.2) is 9.59 Å². The summed E-state index contributed by atoms with van der Waals surface area (Å²) in [6.07, 6.45) is 2.37. The smallest absolute Gasteiger partial charge is 0.414 e. The minimum atomic E-state index is -1.82. The van der Waals surface area contributed by atoms with E-state index in [4.69, 9.17) is 31.3 Å². The van der Waals surface area contributed by atoms with E-state index in [2.05, 4.69) is 6.92 Å². The maximum Gasteiger partial charge on any atom is 0.414 e. The van der Waals surface area contributed by atoms with E-state index in [0.717, 1.165) is 13.1 Å². The Morgan fingerprint density at radius 1 is 1.13 bits per heavy atom. The van der Waals surface area contributed by atoms with Gasteiger partial charge in [0.2, 0.25) is 0 Å². The third-order valence-corrected chi connectivity index (χ3v) is 1.55. The summed E-state index contributed by atoms with van der Waals surface area (Å²) in [6.45, 7) is 3.63. The summed E-state index contributed by atoms with van der Waals surface area (Å²) in [4.78, 5) is 18.2. The van der Waals surface area contributed by atoms with Crippen LogP contribution in [0, 0.1) is 5.92 Å². The van der Waals surface area contributed by atoms with Gasteiger partial charge in [-0.15, -0.1) is 0 Å². The number of carbonyl (C=O) groups is 2. The molecule has 0 aromatic carbocycles. The molecule has 7 heteroatoms. The number of carboxylic acid groups (broad SMARTS) is 2. The molecule has 0 heterocycles. The standard InChI is InChI=1S/C6H16N2.C2H2O4.Pt/c1-2-3-6(4-7)5-8;3-1(4)2(5)6;/h6H,2-5,7-8H2,1H3;(H,3,4)(H,5,6);. The molecule has 0 bridgehead atoms. The Bertz CT molecular complexity index is 162. The van der Waals surface area contributed by atoms with Crippen LogP contribution in [0.25, 0.3) is 0 Å². The van der Waals surface area contributed by atoms with E-state index in [1.807, 2.05) is 0 Å². The van der Waals surface area contributed by atoms with Crippen molar-refractivity contribution in [2.24, 2.45) is 17.4 Å². The van der Waals surface area contributed by atoms with Gasteiger partial charge < -0.3 is 21.7 Å². The predicted molar refractivity (Wildman–Crippen MR) is 51.8 cm³/mol. The van der Waals surface area contributed by atoms with Gasteiger partial charge in [-0.1, -0.05) is 13.3 Å². The monoisotopic (exact) mass is 401 g/mol. The van der Waals surface area contributed by atoms with Gasteiger partial charge in [-0.05, 0) is 25.4 Å². The number of aliphatic carboxylic acids is 2. The van der Waals surface area contributed by atoms with Gasteiger partial charge >= 0.3 is 11.9 Å². The molecule has 94 valence electrons. The average molecular weight is 401 g/mol. The van der Waals surface area contributed by atoms with Crippen LogP contribution in [0.1, 0.15) is 19.8 Å². The zero-order valence-electron chi connectivity index (χ0n) is 8.59. The van der Waals surface area contributed by atoms with E-state index in [-0.39, 0.29) is 21.1 Å². The molecule has 0 radical (unpaired) electrons. The second-order valence-corrected chi connectivity index (χ2v) is 2.74. The van der Waals surface area contributed by atoms with E-state index < -0.39 is 11.9 Å². The normalized spacial score (nSPS) is 8.53. The summed E-state index contributed by atoms with van der Waals surface area (Å²) in [5.74, 6) is -3.09. The molecule has 0 saturated heterocycles. The van der Waals surface area contributed by atoms with Crippen LogP contribution in [0.4, 0.5) is 0 Å². The topological polar surface area (TPSA) is 127 Å². The molecule has 0 unspecified atom stereocenters. The quantitative estimate of drug-likeness (QED) is 0.470. The van der Waals surface area contributed by atoms with Crippen LogP contribution in [-0.2, 0) is 30.7 Å². The Balaban J connectivity index is -0.000000187. The van der Waals surface area contributed by atoms with Crippen molar-refractivity contribution in [1.82, 2.24) is 0 Å². The van der Waals surface area contributed by atoms with Crippen molar-refractivity contribution in [1.29, 1.82) is 0 Å². The molecule has 0 aliphatic carbocycles. The molecule has 15 heavy (non-hydrogen) atoms. The largest absolute Gasteiger partial charge is 0.473 e. The molecule has 0 atom stereocenters. The van der Waals surface area contributed by atoms with Crippen molar-refractivity contribution in [3.8, 4) is 0 Å². The predicted octanol–water partition coefficient (Wildman–Crippen LogP) is -0.527. The summed E-state index contributed by atoms with van der Waals surface area (Å²) < 4.78 is 0. The third kappa shape index (κ3) is 16.2. The van der Waals surface area contributed by atoms with Crippen molar-refractivity contribution < 1.29 is 40.9 Å². The van der Waals surface area contributed by atoms with Gasteiger partial charge in [-0.2, -0.15) is 0 Å². The van der Waals surface area contributed by atoms with E-state index in [1.165, 1.54) is 12.8 Å². The third-order valence-electron chi connectivity index (χ3n) is 1.55. The van der Waals surface area contributed by atoms with Crippen LogP contribution in [-0.4, -0.2) is 35.2 Å². The molecule has 0 rings (SSSR count). The molecule has 6 N–H and O–H groups in total. The van der Waals surface area contributed by atoms with Gasteiger partial charge in [0.15, 0.2) is 0 Å². The maximum absolute atomic E-state index is 9.10. The summed E-state index contributed by atoms with van der Waals surface area (Å²) in [6, 6.07) is 0. The average Bonchev–Trinajstić information content (AvgIpc) is 2.15. The van der Waals surface area contributed by atoms with Crippen molar-refractivity contribution >= 4 is 11.9 Å². The SMILES string of the molecule is CCCC(CN)CN.O=C(O)C(=O)O.[Pt]. The molecular formula is C8H18N2O4Pt. The molecule has 0 spiro atoms. The van der Waals surface area contributed by atoms with Gasteiger partial charge in [0.1, 0.15) is 0 Å². The Kier molecular flexibility index (Phi) is 18.1. The number of rotatable bonds is 4. The van der Waals surface area contributed by atoms with Crippen LogP contribution in [0.5, 0.6) is 0 Å². The zero-order valence-corrected chi connectivity index (χ0v) is 10.9. The fraction of sp³-hybridized carbons (Fsp3) is 0.750. The van der Waals surface area contributed by atoms with Crippen LogP contribution < -0.4 is 11.5 Å². The molecule has 6 nitrogen and oxygen atoms in total. The molecule has 0 aromatic heterocycles. The molecule has 0 aliphatic rings. The second kappa shape index (κ2) is 13.5. The van der Waals surface area contributed by atoms with Crippen molar-refractivity contribution in [3.05, 3.63) is 0 Å². The van der Waals surface area contributed by atoms with E-state index in [0.29, 0.717) is 5.92 Å². The van der Waals surface area contributed by atoms with Gasteiger partial charge in [0.05, 0.1) is 0 Å². The Hall–Kier alpha value is -0.452. The van der Waals surface area contributed by atoms with E-state index in [9.17, 15) is 0 Å². The summed E-state index contributed by atoms with van der Waals surface area (Å²) in [5.41, 5.74) is 10.8. The Morgan fingerprint density at radius 3 is 1.53 bits per heavy atom. The van der Waals surface area contributed by atoms with Crippen LogP contribution in [0.15, 0.2) is 0 Å². The minimum absolute atomic E-state index is 0. The van der Waals surface area contributed by atoms with Crippen molar-refractivity contribution in [2.45, 2.75) is 19.8 Å². The summed E-state index contributed by atoms with van der Waals surface area (Å²) in [7, 11) is 0. The Morgan fingerprint density at radius 2 is 1.47 bits per heavy atom. The van der Waals surface area contributed by atoms with E-state index >= 15 is 0 Å². The van der Waals surface area contributed by atoms with Crippen molar-refractivity contribution in [2.75, 3.05) is 13.1 Å². The van der Waals surface area contributed by atoms with E-state index in [1.54, 1.807) is 0 Å². The first kappa shape index (κ1) is 20.0. The number of hydrogen-bond acceptors (Lipinski definition) is 4. The minimum Gasteiger partial charge on any atom is -0.473 e. The molecule has 0 amide bonds. The number of nitrogens with two attached hydrogens (primary N) is 2.